The first-order valence-electron chi connectivity index (χ1n) is 9.08. The molecular weight excluding hydrogens is 340 g/mol. The highest BCUT2D eigenvalue weighted by Gasteiger charge is 2.19. The maximum absolute atomic E-state index is 6.13. The Kier molecular flexibility index (Phi) is 3.83. The Morgan fingerprint density at radius 3 is 3.04 bits per heavy atom. The van der Waals surface area contributed by atoms with Crippen LogP contribution in [0.15, 0.2) is 49.2 Å². The summed E-state index contributed by atoms with van der Waals surface area (Å²) in [4.78, 5) is 15.7. The first-order chi connectivity index (χ1) is 13.3. The molecule has 4 aromatic rings. The number of nitrogens with one attached hydrogen (secondary N) is 1. The SMILES string of the molecule is NC1CCCN(c2cccc(-c3n[nH]c4cnc(-n5ccnc5)cc34)n2)C1. The van der Waals surface area contributed by atoms with Crippen LogP contribution >= 0.6 is 0 Å². The van der Waals surface area contributed by atoms with Crippen LogP contribution in [0.4, 0.5) is 5.82 Å². The van der Waals surface area contributed by atoms with Crippen LogP contribution in [0.25, 0.3) is 28.1 Å². The molecule has 27 heavy (non-hydrogen) atoms. The van der Waals surface area contributed by atoms with Gasteiger partial charge < -0.3 is 10.6 Å². The Bertz CT molecular complexity index is 1070. The number of nitrogens with zero attached hydrogens (tertiary/aromatic N) is 6. The van der Waals surface area contributed by atoms with E-state index < -0.39 is 0 Å². The van der Waals surface area contributed by atoms with Crippen LogP contribution in [0, 0.1) is 0 Å². The molecule has 0 bridgehead atoms. The van der Waals surface area contributed by atoms with E-state index in [1.54, 1.807) is 18.7 Å². The largest absolute Gasteiger partial charge is 0.355 e. The van der Waals surface area contributed by atoms with E-state index in [1.165, 1.54) is 0 Å². The smallest absolute Gasteiger partial charge is 0.138 e. The fourth-order valence-corrected chi connectivity index (χ4v) is 3.59. The molecule has 0 radical (unpaired) electrons. The van der Waals surface area contributed by atoms with Crippen LogP contribution in [-0.2, 0) is 0 Å². The van der Waals surface area contributed by atoms with E-state index in [0.29, 0.717) is 0 Å². The van der Waals surface area contributed by atoms with Crippen molar-refractivity contribution in [1.29, 1.82) is 0 Å². The molecule has 3 N–H and O–H groups in total. The van der Waals surface area contributed by atoms with E-state index in [4.69, 9.17) is 10.7 Å². The van der Waals surface area contributed by atoms with Crippen LogP contribution < -0.4 is 10.6 Å². The van der Waals surface area contributed by atoms with Gasteiger partial charge in [-0.05, 0) is 31.0 Å². The molecule has 0 saturated carbocycles. The van der Waals surface area contributed by atoms with Crippen LogP contribution in [0.3, 0.4) is 0 Å². The summed E-state index contributed by atoms with van der Waals surface area (Å²) >= 11 is 0. The van der Waals surface area contributed by atoms with Gasteiger partial charge in [0.1, 0.15) is 23.7 Å². The second kappa shape index (κ2) is 6.48. The Morgan fingerprint density at radius 1 is 1.22 bits per heavy atom. The van der Waals surface area contributed by atoms with Gasteiger partial charge in [0.05, 0.1) is 17.4 Å². The van der Waals surface area contributed by atoms with E-state index in [-0.39, 0.29) is 6.04 Å². The average Bonchev–Trinajstić information content (AvgIpc) is 3.37. The first-order valence-corrected chi connectivity index (χ1v) is 9.08. The molecule has 5 heterocycles. The molecule has 1 aliphatic heterocycles. The number of nitrogens with two attached hydrogens (primary N) is 1. The van der Waals surface area contributed by atoms with Gasteiger partial charge in [0, 0.05) is 36.9 Å². The summed E-state index contributed by atoms with van der Waals surface area (Å²) in [5.74, 6) is 1.74. The number of fused-ring (bicyclic) bond motifs is 1. The molecule has 0 aliphatic carbocycles. The topological polar surface area (TPSA) is 102 Å². The molecular formula is C19H20N8. The third-order valence-electron chi connectivity index (χ3n) is 4.96. The molecule has 0 spiro atoms. The summed E-state index contributed by atoms with van der Waals surface area (Å²) in [5, 5.41) is 8.53. The summed E-state index contributed by atoms with van der Waals surface area (Å²) in [6.07, 6.45) is 9.28. The fraction of sp³-hybridized carbons (Fsp3) is 0.263. The number of hydrogen-bond donors (Lipinski definition) is 2. The molecule has 0 amide bonds. The number of piperidine rings is 1. The second-order valence-corrected chi connectivity index (χ2v) is 6.86. The first kappa shape index (κ1) is 16.0. The van der Waals surface area contributed by atoms with Crippen LogP contribution in [0.2, 0.25) is 0 Å². The Hall–Kier alpha value is -3.26. The van der Waals surface area contributed by atoms with Crippen molar-refractivity contribution in [3.8, 4) is 17.2 Å². The third-order valence-corrected chi connectivity index (χ3v) is 4.96. The zero-order valence-corrected chi connectivity index (χ0v) is 14.8. The van der Waals surface area contributed by atoms with Gasteiger partial charge in [0.15, 0.2) is 0 Å². The number of anilines is 1. The van der Waals surface area contributed by atoms with Crippen molar-refractivity contribution in [2.45, 2.75) is 18.9 Å². The van der Waals surface area contributed by atoms with E-state index in [0.717, 1.165) is 59.9 Å². The maximum atomic E-state index is 6.13. The number of rotatable bonds is 3. The predicted molar refractivity (Wildman–Crippen MR) is 104 cm³/mol. The lowest BCUT2D eigenvalue weighted by molar-refractivity contribution is 0.503. The van der Waals surface area contributed by atoms with E-state index in [2.05, 4.69) is 25.1 Å². The average molecular weight is 360 g/mol. The van der Waals surface area contributed by atoms with Gasteiger partial charge >= 0.3 is 0 Å². The molecule has 1 aliphatic rings. The summed E-state index contributed by atoms with van der Waals surface area (Å²) in [6.45, 7) is 1.83. The van der Waals surface area contributed by atoms with Crippen molar-refractivity contribution in [3.05, 3.63) is 49.2 Å². The number of pyridine rings is 2. The van der Waals surface area contributed by atoms with E-state index >= 15 is 0 Å². The van der Waals surface area contributed by atoms with Crippen LogP contribution in [-0.4, -0.2) is 48.8 Å². The highest BCUT2D eigenvalue weighted by atomic mass is 15.2. The molecule has 4 aromatic heterocycles. The lowest BCUT2D eigenvalue weighted by atomic mass is 10.1. The number of aromatic amines is 1. The van der Waals surface area contributed by atoms with Gasteiger partial charge in [-0.2, -0.15) is 5.10 Å². The Morgan fingerprint density at radius 2 is 2.19 bits per heavy atom. The lowest BCUT2D eigenvalue weighted by Gasteiger charge is -2.31. The van der Waals surface area contributed by atoms with Crippen LogP contribution in [0.5, 0.6) is 0 Å². The third kappa shape index (κ3) is 2.93. The van der Waals surface area contributed by atoms with Gasteiger partial charge in [0.25, 0.3) is 0 Å². The molecule has 1 saturated heterocycles. The van der Waals surface area contributed by atoms with Crippen molar-refractivity contribution in [2.75, 3.05) is 18.0 Å². The Labute approximate surface area is 156 Å². The highest BCUT2D eigenvalue weighted by Crippen LogP contribution is 2.28. The number of H-pyrrole nitrogens is 1. The minimum Gasteiger partial charge on any atom is -0.355 e. The lowest BCUT2D eigenvalue weighted by Crippen LogP contribution is -2.43. The van der Waals surface area contributed by atoms with E-state index in [1.807, 2.05) is 35.0 Å². The molecule has 1 atom stereocenters. The second-order valence-electron chi connectivity index (χ2n) is 6.86. The predicted octanol–water partition coefficient (Wildman–Crippen LogP) is 2.13. The van der Waals surface area contributed by atoms with Crippen molar-refractivity contribution in [3.63, 3.8) is 0 Å². The standard InChI is InChI=1S/C19H20N8/c20-13-3-2-7-26(11-13)17-5-1-4-15(23-17)19-14-9-18(27-8-6-21-12-27)22-10-16(14)24-25-19/h1,4-6,8-10,12-13H,2-3,7,11,20H2,(H,24,25). The van der Waals surface area contributed by atoms with Gasteiger partial charge in [-0.15, -0.1) is 0 Å². The summed E-state index contributed by atoms with van der Waals surface area (Å²) in [5.41, 5.74) is 8.66. The van der Waals surface area contributed by atoms with Gasteiger partial charge in [-0.3, -0.25) is 9.67 Å². The van der Waals surface area contributed by atoms with E-state index in [9.17, 15) is 0 Å². The molecule has 0 aromatic carbocycles. The monoisotopic (exact) mass is 360 g/mol. The van der Waals surface area contributed by atoms with Gasteiger partial charge in [0.2, 0.25) is 0 Å². The van der Waals surface area contributed by atoms with Crippen molar-refractivity contribution in [1.82, 2.24) is 29.7 Å². The van der Waals surface area contributed by atoms with Crippen LogP contribution in [0.1, 0.15) is 12.8 Å². The quantitative estimate of drug-likeness (QED) is 0.580. The summed E-state index contributed by atoms with van der Waals surface area (Å²) in [6, 6.07) is 8.26. The van der Waals surface area contributed by atoms with Gasteiger partial charge in [-0.25, -0.2) is 15.0 Å². The Balaban J connectivity index is 1.55. The van der Waals surface area contributed by atoms with Crippen molar-refractivity contribution < 1.29 is 0 Å². The minimum absolute atomic E-state index is 0.208. The van der Waals surface area contributed by atoms with Crippen molar-refractivity contribution in [2.24, 2.45) is 5.73 Å². The summed E-state index contributed by atoms with van der Waals surface area (Å²) in [7, 11) is 0. The molecule has 8 nitrogen and oxygen atoms in total. The molecule has 5 rings (SSSR count). The van der Waals surface area contributed by atoms with Gasteiger partial charge in [-0.1, -0.05) is 6.07 Å². The fourth-order valence-electron chi connectivity index (χ4n) is 3.59. The zero-order chi connectivity index (χ0) is 18.2. The molecule has 1 fully saturated rings. The number of hydrogen-bond acceptors (Lipinski definition) is 6. The molecule has 1 unspecified atom stereocenters. The molecule has 8 heteroatoms. The number of aromatic nitrogens is 6. The zero-order valence-electron chi connectivity index (χ0n) is 14.8. The summed E-state index contributed by atoms with van der Waals surface area (Å²) < 4.78 is 1.87. The van der Waals surface area contributed by atoms with Crippen molar-refractivity contribution >= 4 is 16.7 Å². The number of imidazole rings is 1. The maximum Gasteiger partial charge on any atom is 0.138 e. The highest BCUT2D eigenvalue weighted by molar-refractivity contribution is 5.92. The normalized spacial score (nSPS) is 17.5. The molecule has 136 valence electrons. The minimum atomic E-state index is 0.208.